The predicted octanol–water partition coefficient (Wildman–Crippen LogP) is 13.1. The van der Waals surface area contributed by atoms with Gasteiger partial charge in [0.15, 0.2) is 7.28 Å². The van der Waals surface area contributed by atoms with Gasteiger partial charge in [-0.15, -0.1) is 0 Å². The maximum absolute atomic E-state index is 2.67. The summed E-state index contributed by atoms with van der Waals surface area (Å²) in [6, 6.07) is 65.0. The van der Waals surface area contributed by atoms with E-state index in [1.165, 1.54) is 164 Å². The van der Waals surface area contributed by atoms with Crippen LogP contribution in [0.2, 0.25) is 0 Å². The standard InChI is InChI=1S/C65H49B2N2/c1-36-28-39(4)60(40(5)29-36)66-53-33-45-18-10-12-20-47(45)58-51-26-24-43-16-8-14-22-49(43)62(51)68(64(53)58)56-35-54-57(32-38(56)3)69-63-50-23-15-9-17-44(50)25-27-52(63)59-48-21-13-11-19-46(48)34-55(65(59)69)67(54)61-41(6)30-37(2)31-42(61)7/h8-35H,1-7H3. The zero-order chi connectivity index (χ0) is 46.6. The van der Waals surface area contributed by atoms with Crippen molar-refractivity contribution < 1.29 is 0 Å². The lowest BCUT2D eigenvalue weighted by Gasteiger charge is -2.31. The zero-order valence-electron chi connectivity index (χ0n) is 40.2. The first kappa shape index (κ1) is 40.3. The van der Waals surface area contributed by atoms with Crippen LogP contribution in [0.25, 0.3) is 98.1 Å². The van der Waals surface area contributed by atoms with Gasteiger partial charge >= 0.3 is 0 Å². The summed E-state index contributed by atoms with van der Waals surface area (Å²) in [5.41, 5.74) is 23.2. The van der Waals surface area contributed by atoms with Crippen LogP contribution < -0.4 is 27.3 Å². The number of nitrogens with zero attached hydrogens (tertiary/aromatic N) is 2. The fraction of sp³-hybridized carbons (Fsp3) is 0.108. The highest BCUT2D eigenvalue weighted by atomic mass is 15.0. The van der Waals surface area contributed by atoms with E-state index in [1.54, 1.807) is 0 Å². The van der Waals surface area contributed by atoms with Gasteiger partial charge in [-0.1, -0.05) is 207 Å². The van der Waals surface area contributed by atoms with Crippen molar-refractivity contribution in [2.24, 2.45) is 0 Å². The molecule has 0 bridgehead atoms. The van der Waals surface area contributed by atoms with E-state index in [0.29, 0.717) is 0 Å². The number of rotatable bonds is 4. The molecule has 0 atom stereocenters. The van der Waals surface area contributed by atoms with Gasteiger partial charge in [-0.2, -0.15) is 0 Å². The molecule has 0 N–H and O–H groups in total. The van der Waals surface area contributed by atoms with E-state index in [0.717, 1.165) is 0 Å². The Morgan fingerprint density at radius 3 is 1.41 bits per heavy atom. The highest BCUT2D eigenvalue weighted by Gasteiger charge is 2.38. The molecule has 0 unspecified atom stereocenters. The Kier molecular flexibility index (Phi) is 8.52. The Bertz CT molecular complexity index is 4380. The van der Waals surface area contributed by atoms with Crippen molar-refractivity contribution >= 4 is 128 Å². The van der Waals surface area contributed by atoms with Crippen LogP contribution in [0.4, 0.5) is 0 Å². The molecule has 4 heteroatoms. The first-order valence-electron chi connectivity index (χ1n) is 24.5. The maximum Gasteiger partial charge on any atom is 0.247 e. The second-order valence-electron chi connectivity index (χ2n) is 20.3. The Hall–Kier alpha value is -7.81. The first-order chi connectivity index (χ1) is 33.6. The summed E-state index contributed by atoms with van der Waals surface area (Å²) in [5.74, 6) is 0. The van der Waals surface area contributed by atoms with Crippen molar-refractivity contribution in [1.29, 1.82) is 0 Å². The van der Waals surface area contributed by atoms with Gasteiger partial charge in [-0.3, -0.25) is 0 Å². The van der Waals surface area contributed by atoms with Crippen LogP contribution in [-0.4, -0.2) is 23.1 Å². The molecule has 0 spiro atoms. The van der Waals surface area contributed by atoms with Crippen molar-refractivity contribution in [2.75, 3.05) is 0 Å². The van der Waals surface area contributed by atoms with Gasteiger partial charge < -0.3 is 9.13 Å². The number of aryl methyl sites for hydroxylation is 7. The number of hydrogen-bond acceptors (Lipinski definition) is 0. The molecule has 1 aliphatic heterocycles. The summed E-state index contributed by atoms with van der Waals surface area (Å²) < 4.78 is 5.33. The zero-order valence-corrected chi connectivity index (χ0v) is 40.2. The molecule has 0 saturated carbocycles. The van der Waals surface area contributed by atoms with Crippen LogP contribution >= 0.6 is 0 Å². The fourth-order valence-corrected chi connectivity index (χ4v) is 13.2. The quantitative estimate of drug-likeness (QED) is 0.156. The van der Waals surface area contributed by atoms with Crippen LogP contribution in [0.1, 0.15) is 38.9 Å². The molecule has 0 saturated heterocycles. The highest BCUT2D eigenvalue weighted by molar-refractivity contribution is 6.98. The van der Waals surface area contributed by atoms with Crippen molar-refractivity contribution in [1.82, 2.24) is 9.13 Å². The largest absolute Gasteiger partial charge is 0.310 e. The summed E-state index contributed by atoms with van der Waals surface area (Å²) in [4.78, 5) is 0. The molecule has 69 heavy (non-hydrogen) atoms. The van der Waals surface area contributed by atoms with Gasteiger partial charge in [0.05, 0.1) is 16.6 Å². The minimum Gasteiger partial charge on any atom is -0.310 e. The van der Waals surface area contributed by atoms with E-state index in [2.05, 4.69) is 235 Å². The molecular weight excluding hydrogens is 830 g/mol. The number of fused-ring (bicyclic) bond motifs is 16. The molecule has 3 heterocycles. The average molecular weight is 880 g/mol. The van der Waals surface area contributed by atoms with Crippen LogP contribution in [0.5, 0.6) is 0 Å². The third-order valence-corrected chi connectivity index (χ3v) is 15.9. The van der Waals surface area contributed by atoms with E-state index >= 15 is 0 Å². The molecule has 2 nitrogen and oxygen atoms in total. The fourth-order valence-electron chi connectivity index (χ4n) is 13.2. The Morgan fingerprint density at radius 1 is 0.348 bits per heavy atom. The number of benzene rings is 11. The van der Waals surface area contributed by atoms with Crippen LogP contribution in [0, 0.1) is 48.5 Å². The summed E-state index contributed by atoms with van der Waals surface area (Å²) in [7, 11) is 2.47. The van der Waals surface area contributed by atoms with E-state index in [9.17, 15) is 0 Å². The predicted molar refractivity (Wildman–Crippen MR) is 301 cm³/mol. The molecule has 13 aromatic rings. The number of hydrogen-bond donors (Lipinski definition) is 0. The van der Waals surface area contributed by atoms with Gasteiger partial charge in [-0.25, -0.2) is 0 Å². The molecule has 0 fully saturated rings. The van der Waals surface area contributed by atoms with Gasteiger partial charge in [0, 0.05) is 49.2 Å². The van der Waals surface area contributed by atoms with Crippen molar-refractivity contribution in [3.8, 4) is 11.4 Å². The summed E-state index contributed by atoms with van der Waals surface area (Å²) in [6.07, 6.45) is 0. The lowest BCUT2D eigenvalue weighted by atomic mass is 9.34. The van der Waals surface area contributed by atoms with Gasteiger partial charge in [-0.05, 0) is 109 Å². The van der Waals surface area contributed by atoms with E-state index in [-0.39, 0.29) is 6.71 Å². The Morgan fingerprint density at radius 2 is 0.826 bits per heavy atom. The second-order valence-corrected chi connectivity index (χ2v) is 20.3. The van der Waals surface area contributed by atoms with Crippen LogP contribution in [-0.2, 0) is 0 Å². The molecule has 0 amide bonds. The van der Waals surface area contributed by atoms with E-state index in [1.807, 2.05) is 0 Å². The molecular formula is C65H49B2N2. The molecule has 1 aliphatic rings. The second kappa shape index (κ2) is 14.6. The third-order valence-electron chi connectivity index (χ3n) is 15.9. The minimum absolute atomic E-state index is 0.0234. The summed E-state index contributed by atoms with van der Waals surface area (Å²) in [6.45, 7) is 16.0. The highest BCUT2D eigenvalue weighted by Crippen LogP contribution is 2.44. The summed E-state index contributed by atoms with van der Waals surface area (Å²) >= 11 is 0. The SMILES string of the molecule is Cc1cc(C)c([B]c2cc3ccccc3c3c4ccc5ccccc5c4n(-c4cc5c(cc4C)-n4c6c(cc7ccccc7c6c6ccc7ccccc7c64)B5c4c(C)cc(C)cc4C)c23)c(C)c1. The van der Waals surface area contributed by atoms with Crippen LogP contribution in [0.3, 0.4) is 0 Å². The number of aromatic nitrogens is 2. The lowest BCUT2D eigenvalue weighted by molar-refractivity contribution is 1.13. The topological polar surface area (TPSA) is 9.86 Å². The minimum atomic E-state index is -0.0234. The Balaban J connectivity index is 1.19. The molecule has 325 valence electrons. The van der Waals surface area contributed by atoms with E-state index < -0.39 is 0 Å². The summed E-state index contributed by atoms with van der Waals surface area (Å²) in [5, 5.41) is 15.3. The third kappa shape index (κ3) is 5.63. The maximum atomic E-state index is 2.67. The van der Waals surface area contributed by atoms with Gasteiger partial charge in [0.25, 0.3) is 0 Å². The molecule has 14 rings (SSSR count). The first-order valence-corrected chi connectivity index (χ1v) is 24.5. The normalized spacial score (nSPS) is 12.5. The van der Waals surface area contributed by atoms with Crippen LogP contribution in [0.15, 0.2) is 170 Å². The average Bonchev–Trinajstić information content (AvgIpc) is 3.89. The van der Waals surface area contributed by atoms with Crippen molar-refractivity contribution in [3.63, 3.8) is 0 Å². The van der Waals surface area contributed by atoms with Crippen molar-refractivity contribution in [2.45, 2.75) is 48.5 Å². The van der Waals surface area contributed by atoms with E-state index in [4.69, 9.17) is 0 Å². The monoisotopic (exact) mass is 879 g/mol. The smallest absolute Gasteiger partial charge is 0.247 e. The van der Waals surface area contributed by atoms with Gasteiger partial charge in [0.2, 0.25) is 6.71 Å². The lowest BCUT2D eigenvalue weighted by Crippen LogP contribution is -2.57. The Labute approximate surface area is 403 Å². The molecule has 2 aromatic heterocycles. The molecule has 1 radical (unpaired) electrons. The molecule has 11 aromatic carbocycles. The molecule has 0 aliphatic carbocycles. The van der Waals surface area contributed by atoms with Crippen molar-refractivity contribution in [3.05, 3.63) is 209 Å². The van der Waals surface area contributed by atoms with Gasteiger partial charge in [0.1, 0.15) is 0 Å².